The zero-order valence-electron chi connectivity index (χ0n) is 27.5. The van der Waals surface area contributed by atoms with Crippen LogP contribution in [-0.4, -0.2) is 0 Å². The van der Waals surface area contributed by atoms with Crippen LogP contribution in [0, 0.1) is 0 Å². The molecule has 0 aliphatic heterocycles. The van der Waals surface area contributed by atoms with Crippen LogP contribution >= 0.6 is 0 Å². The Labute approximate surface area is 291 Å². The molecular weight excluding hydrogens is 601 g/mol. The normalized spacial score (nSPS) is 11.6. The molecule has 0 aliphatic carbocycles. The van der Waals surface area contributed by atoms with E-state index in [1.54, 1.807) is 0 Å². The van der Waals surface area contributed by atoms with Gasteiger partial charge in [0.15, 0.2) is 0 Å². The van der Waals surface area contributed by atoms with Gasteiger partial charge in [0.05, 0.1) is 0 Å². The summed E-state index contributed by atoms with van der Waals surface area (Å²) in [6, 6.07) is 71.4. The van der Waals surface area contributed by atoms with Gasteiger partial charge in [-0.25, -0.2) is 0 Å². The van der Waals surface area contributed by atoms with Gasteiger partial charge in [0.1, 0.15) is 0 Å². The van der Waals surface area contributed by atoms with E-state index >= 15 is 0 Å². The molecule has 10 aromatic carbocycles. The predicted molar refractivity (Wildman–Crippen MR) is 216 cm³/mol. The van der Waals surface area contributed by atoms with Crippen LogP contribution in [0.2, 0.25) is 0 Å². The maximum Gasteiger partial charge on any atom is -0.00201 e. The first-order chi connectivity index (χ1) is 24.8. The fourth-order valence-electron chi connectivity index (χ4n) is 8.23. The number of benzene rings is 10. The molecule has 0 spiro atoms. The van der Waals surface area contributed by atoms with Gasteiger partial charge < -0.3 is 0 Å². The summed E-state index contributed by atoms with van der Waals surface area (Å²) in [5, 5.41) is 12.6. The standard InChI is InChI=1S/C50H32/c1-2-16-34-31-36(30-29-33(34)15-1)38-19-5-9-23-42(38)49-44-25-11-13-27-46(44)50(47-28-14-12-26-45(47)49)43-24-10-8-22-41(43)48-32-35-17-3-4-18-37(35)39-20-6-7-21-40(39)48/h1-32H. The number of hydrogen-bond acceptors (Lipinski definition) is 0. The molecule has 0 unspecified atom stereocenters. The fourth-order valence-corrected chi connectivity index (χ4v) is 8.23. The largest absolute Gasteiger partial charge is 0.0616 e. The van der Waals surface area contributed by atoms with Crippen LogP contribution < -0.4 is 0 Å². The van der Waals surface area contributed by atoms with Crippen molar-refractivity contribution in [3.63, 3.8) is 0 Å². The van der Waals surface area contributed by atoms with E-state index in [9.17, 15) is 0 Å². The van der Waals surface area contributed by atoms with E-state index in [0.29, 0.717) is 0 Å². The third-order valence-electron chi connectivity index (χ3n) is 10.4. The minimum atomic E-state index is 1.23. The van der Waals surface area contributed by atoms with Crippen molar-refractivity contribution in [3.8, 4) is 44.5 Å². The van der Waals surface area contributed by atoms with Gasteiger partial charge >= 0.3 is 0 Å². The molecule has 0 heterocycles. The van der Waals surface area contributed by atoms with Gasteiger partial charge in [-0.3, -0.25) is 0 Å². The number of hydrogen-bond donors (Lipinski definition) is 0. The highest BCUT2D eigenvalue weighted by Gasteiger charge is 2.21. The molecule has 0 heteroatoms. The quantitative estimate of drug-likeness (QED) is 0.134. The van der Waals surface area contributed by atoms with E-state index in [1.165, 1.54) is 98.4 Å². The summed E-state index contributed by atoms with van der Waals surface area (Å²) >= 11 is 0. The van der Waals surface area contributed by atoms with Crippen LogP contribution in [0.25, 0.3) is 98.4 Å². The average Bonchev–Trinajstić information content (AvgIpc) is 3.19. The number of fused-ring (bicyclic) bond motifs is 6. The smallest absolute Gasteiger partial charge is 0.00201 e. The van der Waals surface area contributed by atoms with Gasteiger partial charge in [-0.2, -0.15) is 0 Å². The number of rotatable bonds is 4. The fraction of sp³-hybridized carbons (Fsp3) is 0. The highest BCUT2D eigenvalue weighted by Crippen LogP contribution is 2.49. The van der Waals surface area contributed by atoms with Crippen LogP contribution in [0.1, 0.15) is 0 Å². The Morgan fingerprint density at radius 3 is 1.24 bits per heavy atom. The van der Waals surface area contributed by atoms with Crippen molar-refractivity contribution < 1.29 is 0 Å². The Morgan fingerprint density at radius 2 is 0.620 bits per heavy atom. The summed E-state index contributed by atoms with van der Waals surface area (Å²) in [7, 11) is 0. The van der Waals surface area contributed by atoms with Crippen molar-refractivity contribution in [2.24, 2.45) is 0 Å². The SMILES string of the molecule is c1ccc(-c2c3ccccc3c(-c3ccccc3-c3cc4ccccc4c4ccccc34)c3ccccc23)c(-c2ccc3ccccc3c2)c1. The third kappa shape index (κ3) is 4.46. The lowest BCUT2D eigenvalue weighted by atomic mass is 9.81. The minimum absolute atomic E-state index is 1.23. The molecule has 0 radical (unpaired) electrons. The lowest BCUT2D eigenvalue weighted by Gasteiger charge is -2.21. The van der Waals surface area contributed by atoms with Crippen LogP contribution in [0.4, 0.5) is 0 Å². The lowest BCUT2D eigenvalue weighted by molar-refractivity contribution is 1.62. The van der Waals surface area contributed by atoms with Crippen molar-refractivity contribution in [1.82, 2.24) is 0 Å². The predicted octanol–water partition coefficient (Wildman–Crippen LogP) is 14.1. The second kappa shape index (κ2) is 11.6. The maximum atomic E-state index is 2.38. The van der Waals surface area contributed by atoms with Gasteiger partial charge in [-0.05, 0) is 111 Å². The molecule has 10 aromatic rings. The maximum absolute atomic E-state index is 2.38. The average molecular weight is 633 g/mol. The Hall–Kier alpha value is -6.50. The summed E-state index contributed by atoms with van der Waals surface area (Å²) < 4.78 is 0. The zero-order chi connectivity index (χ0) is 33.0. The van der Waals surface area contributed by atoms with Crippen LogP contribution in [0.3, 0.4) is 0 Å². The van der Waals surface area contributed by atoms with Gasteiger partial charge in [-0.15, -0.1) is 0 Å². The van der Waals surface area contributed by atoms with Crippen LogP contribution in [-0.2, 0) is 0 Å². The second-order valence-corrected chi connectivity index (χ2v) is 13.2. The highest BCUT2D eigenvalue weighted by molar-refractivity contribution is 6.24. The molecule has 0 amide bonds. The monoisotopic (exact) mass is 632 g/mol. The third-order valence-corrected chi connectivity index (χ3v) is 10.4. The molecule has 232 valence electrons. The summed E-state index contributed by atoms with van der Waals surface area (Å²) in [5.41, 5.74) is 10.0. The minimum Gasteiger partial charge on any atom is -0.0616 e. The second-order valence-electron chi connectivity index (χ2n) is 13.2. The molecular formula is C50H32. The van der Waals surface area contributed by atoms with E-state index in [-0.39, 0.29) is 0 Å². The Balaban J connectivity index is 1.28. The van der Waals surface area contributed by atoms with E-state index in [0.717, 1.165) is 0 Å². The van der Waals surface area contributed by atoms with Crippen molar-refractivity contribution in [2.45, 2.75) is 0 Å². The summed E-state index contributed by atoms with van der Waals surface area (Å²) in [6.45, 7) is 0. The molecule has 0 nitrogen and oxygen atoms in total. The molecule has 10 rings (SSSR count). The molecule has 0 N–H and O–H groups in total. The lowest BCUT2D eigenvalue weighted by Crippen LogP contribution is -1.94. The van der Waals surface area contributed by atoms with E-state index in [1.807, 2.05) is 0 Å². The first kappa shape index (κ1) is 28.5. The summed E-state index contributed by atoms with van der Waals surface area (Å²) in [6.07, 6.45) is 0. The molecule has 0 fully saturated rings. The molecule has 0 atom stereocenters. The van der Waals surface area contributed by atoms with E-state index < -0.39 is 0 Å². The summed E-state index contributed by atoms with van der Waals surface area (Å²) in [5.74, 6) is 0. The Kier molecular flexibility index (Phi) is 6.60. The first-order valence-corrected chi connectivity index (χ1v) is 17.4. The van der Waals surface area contributed by atoms with Gasteiger partial charge in [-0.1, -0.05) is 182 Å². The van der Waals surface area contributed by atoms with Crippen molar-refractivity contribution in [1.29, 1.82) is 0 Å². The van der Waals surface area contributed by atoms with E-state index in [2.05, 4.69) is 194 Å². The molecule has 0 saturated heterocycles. The van der Waals surface area contributed by atoms with Crippen LogP contribution in [0.5, 0.6) is 0 Å². The molecule has 0 bridgehead atoms. The zero-order valence-corrected chi connectivity index (χ0v) is 27.5. The topological polar surface area (TPSA) is 0 Å². The molecule has 50 heavy (non-hydrogen) atoms. The summed E-state index contributed by atoms with van der Waals surface area (Å²) in [4.78, 5) is 0. The molecule has 0 aliphatic rings. The van der Waals surface area contributed by atoms with E-state index in [4.69, 9.17) is 0 Å². The first-order valence-electron chi connectivity index (χ1n) is 17.4. The van der Waals surface area contributed by atoms with Crippen molar-refractivity contribution in [3.05, 3.63) is 194 Å². The van der Waals surface area contributed by atoms with Gasteiger partial charge in [0.2, 0.25) is 0 Å². The van der Waals surface area contributed by atoms with Crippen molar-refractivity contribution >= 4 is 53.9 Å². The Morgan fingerprint density at radius 1 is 0.200 bits per heavy atom. The van der Waals surface area contributed by atoms with Gasteiger partial charge in [0, 0.05) is 0 Å². The highest BCUT2D eigenvalue weighted by atomic mass is 14.2. The molecule has 0 saturated carbocycles. The van der Waals surface area contributed by atoms with Crippen LogP contribution in [0.15, 0.2) is 194 Å². The Bertz CT molecular complexity index is 2870. The van der Waals surface area contributed by atoms with Gasteiger partial charge in [0.25, 0.3) is 0 Å². The van der Waals surface area contributed by atoms with Crippen molar-refractivity contribution in [2.75, 3.05) is 0 Å². The molecule has 0 aromatic heterocycles.